The molecule has 0 saturated heterocycles. The minimum absolute atomic E-state index is 0.00626. The van der Waals surface area contributed by atoms with Crippen LogP contribution in [0.25, 0.3) is 10.8 Å². The molecule has 0 atom stereocenters. The molecule has 1 N–H and O–H groups in total. The van der Waals surface area contributed by atoms with Gasteiger partial charge in [0.25, 0.3) is 0 Å². The number of hydrogen-bond donors (Lipinski definition) is 1. The van der Waals surface area contributed by atoms with Crippen molar-refractivity contribution in [3.8, 4) is 11.5 Å². The van der Waals surface area contributed by atoms with Crippen LogP contribution in [0.4, 0.5) is 8.78 Å². The summed E-state index contributed by atoms with van der Waals surface area (Å²) in [6.45, 7) is 2.04. The fourth-order valence-corrected chi connectivity index (χ4v) is 2.12. The highest BCUT2D eigenvalue weighted by Gasteiger charge is 2.22. The molecule has 0 heterocycles. The predicted octanol–water partition coefficient (Wildman–Crippen LogP) is 4.29. The Morgan fingerprint density at radius 3 is 2.58 bits per heavy atom. The van der Waals surface area contributed by atoms with Crippen LogP contribution in [0.5, 0.6) is 11.5 Å². The molecule has 2 aromatic rings. The van der Waals surface area contributed by atoms with Crippen LogP contribution in [0.1, 0.15) is 29.1 Å². The Morgan fingerprint density at radius 2 is 2.00 bits per heavy atom. The molecule has 0 aromatic heterocycles. The van der Waals surface area contributed by atoms with E-state index in [4.69, 9.17) is 2.74 Å². The van der Waals surface area contributed by atoms with Crippen molar-refractivity contribution >= 4 is 10.8 Å². The summed E-state index contributed by atoms with van der Waals surface area (Å²) in [5, 5.41) is 10.5. The van der Waals surface area contributed by atoms with Crippen LogP contribution in [0.3, 0.4) is 0 Å². The Labute approximate surface area is 113 Å². The summed E-state index contributed by atoms with van der Waals surface area (Å²) < 4.78 is 45.5. The van der Waals surface area contributed by atoms with Crippen LogP contribution in [-0.2, 0) is 5.41 Å². The quantitative estimate of drug-likeness (QED) is 0.880. The molecule has 0 saturated carbocycles. The summed E-state index contributed by atoms with van der Waals surface area (Å²) in [5.41, 5.74) is 0.0580. The van der Waals surface area contributed by atoms with Crippen molar-refractivity contribution in [3.63, 3.8) is 0 Å². The van der Waals surface area contributed by atoms with Crippen LogP contribution < -0.4 is 4.74 Å². The fourth-order valence-electron chi connectivity index (χ4n) is 2.12. The minimum Gasteiger partial charge on any atom is -0.508 e. The van der Waals surface area contributed by atoms with Gasteiger partial charge < -0.3 is 9.84 Å². The highest BCUT2D eigenvalue weighted by molar-refractivity contribution is 5.93. The van der Waals surface area contributed by atoms with E-state index in [1.807, 2.05) is 20.8 Å². The Hall–Kier alpha value is -1.84. The lowest BCUT2D eigenvalue weighted by Gasteiger charge is -2.23. The highest BCUT2D eigenvalue weighted by Crippen LogP contribution is 2.39. The fraction of sp³-hybridized carbons (Fsp3) is 0.333. The molecule has 0 radical (unpaired) electrons. The number of benzene rings is 2. The third-order valence-corrected chi connectivity index (χ3v) is 2.96. The Balaban J connectivity index is 2.87. The van der Waals surface area contributed by atoms with Crippen molar-refractivity contribution in [2.75, 3.05) is 6.81 Å². The maximum Gasteiger partial charge on any atom is 0.228 e. The number of aromatic hydroxyl groups is 1. The predicted molar refractivity (Wildman–Crippen MR) is 70.9 cm³/mol. The van der Waals surface area contributed by atoms with Crippen molar-refractivity contribution in [2.24, 2.45) is 0 Å². The van der Waals surface area contributed by atoms with Crippen molar-refractivity contribution in [3.05, 3.63) is 35.6 Å². The molecule has 19 heavy (non-hydrogen) atoms. The Morgan fingerprint density at radius 1 is 1.32 bits per heavy atom. The molecule has 0 bridgehead atoms. The number of hydrogen-bond acceptors (Lipinski definition) is 2. The van der Waals surface area contributed by atoms with Crippen molar-refractivity contribution in [2.45, 2.75) is 26.2 Å². The number of ether oxygens (including phenoxy) is 1. The first-order valence-corrected chi connectivity index (χ1v) is 5.83. The van der Waals surface area contributed by atoms with Gasteiger partial charge in [-0.3, -0.25) is 0 Å². The summed E-state index contributed by atoms with van der Waals surface area (Å²) in [7, 11) is 0. The molecule has 0 spiro atoms. The zero-order valence-electron chi connectivity index (χ0n) is 12.9. The molecule has 0 aliphatic heterocycles. The first-order chi connectivity index (χ1) is 9.49. The molecule has 2 nitrogen and oxygen atoms in total. The van der Waals surface area contributed by atoms with Gasteiger partial charge in [-0.15, -0.1) is 0 Å². The van der Waals surface area contributed by atoms with E-state index in [1.165, 1.54) is 18.2 Å². The molecule has 2 aromatic carbocycles. The number of halogens is 2. The number of fused-ring (bicyclic) bond motifs is 1. The molecular formula is C15H16F2O2. The van der Waals surface area contributed by atoms with Gasteiger partial charge in [-0.25, -0.2) is 8.78 Å². The van der Waals surface area contributed by atoms with Gasteiger partial charge in [0.05, 0.1) is 0 Å². The Kier molecular flexibility index (Phi) is 2.72. The first kappa shape index (κ1) is 11.0. The summed E-state index contributed by atoms with van der Waals surface area (Å²) in [6.07, 6.45) is 0. The molecule has 0 unspecified atom stereocenters. The van der Waals surface area contributed by atoms with Gasteiger partial charge in [0.15, 0.2) is 11.6 Å². The average molecular weight is 268 g/mol. The van der Waals surface area contributed by atoms with Crippen LogP contribution in [0, 0.1) is 5.82 Å². The van der Waals surface area contributed by atoms with Crippen molar-refractivity contribution < 1.29 is 21.4 Å². The van der Waals surface area contributed by atoms with E-state index in [-0.39, 0.29) is 11.1 Å². The van der Waals surface area contributed by atoms with Crippen LogP contribution in [-0.4, -0.2) is 11.9 Å². The number of phenols is 1. The average Bonchev–Trinajstić information content (AvgIpc) is 2.29. The zero-order valence-corrected chi connectivity index (χ0v) is 10.9. The second kappa shape index (κ2) is 4.68. The maximum atomic E-state index is 14.0. The van der Waals surface area contributed by atoms with E-state index in [9.17, 15) is 13.9 Å². The monoisotopic (exact) mass is 268 g/mol. The van der Waals surface area contributed by atoms with Gasteiger partial charge in [0.2, 0.25) is 6.81 Å². The number of alkyl halides is 1. The largest absolute Gasteiger partial charge is 0.508 e. The van der Waals surface area contributed by atoms with E-state index in [0.717, 1.165) is 6.07 Å². The molecule has 0 aliphatic rings. The zero-order chi connectivity index (χ0) is 16.0. The topological polar surface area (TPSA) is 29.5 Å². The SMILES string of the molecule is [2H]C([2H])(F)Oc1c(F)ccc2cc(O)cc(C(C)(C)C)c12. The molecule has 0 fully saturated rings. The second-order valence-corrected chi connectivity index (χ2v) is 5.40. The van der Waals surface area contributed by atoms with Crippen molar-refractivity contribution in [1.82, 2.24) is 0 Å². The molecule has 4 heteroatoms. The van der Waals surface area contributed by atoms with Gasteiger partial charge in [-0.05, 0) is 34.6 Å². The highest BCUT2D eigenvalue weighted by atomic mass is 19.1. The third-order valence-electron chi connectivity index (χ3n) is 2.96. The van der Waals surface area contributed by atoms with Crippen molar-refractivity contribution in [1.29, 1.82) is 0 Å². The lowest BCUT2D eigenvalue weighted by molar-refractivity contribution is 0.186. The third kappa shape index (κ3) is 2.48. The molecule has 0 amide bonds. The standard InChI is InChI=1S/C15H16F2O2/c1-15(2,3)11-7-10(18)6-9-4-5-12(17)14(13(9)11)19-8-16/h4-7,18H,8H2,1-3H3/i8D2. The summed E-state index contributed by atoms with van der Waals surface area (Å²) in [6, 6.07) is 5.32. The molecular weight excluding hydrogens is 250 g/mol. The second-order valence-electron chi connectivity index (χ2n) is 5.40. The van der Waals surface area contributed by atoms with E-state index in [1.54, 1.807) is 0 Å². The van der Waals surface area contributed by atoms with Gasteiger partial charge in [-0.2, -0.15) is 0 Å². The number of rotatable bonds is 2. The minimum atomic E-state index is -3.50. The van der Waals surface area contributed by atoms with Gasteiger partial charge >= 0.3 is 0 Å². The van der Waals surface area contributed by atoms with Crippen LogP contribution in [0.15, 0.2) is 24.3 Å². The summed E-state index contributed by atoms with van der Waals surface area (Å²) >= 11 is 0. The summed E-state index contributed by atoms with van der Waals surface area (Å²) in [5.74, 6) is -1.36. The molecule has 0 aliphatic carbocycles. The van der Waals surface area contributed by atoms with Gasteiger partial charge in [0, 0.05) is 5.39 Å². The molecule has 2 rings (SSSR count). The van der Waals surface area contributed by atoms with E-state index in [2.05, 4.69) is 4.74 Å². The summed E-state index contributed by atoms with van der Waals surface area (Å²) in [4.78, 5) is 0. The van der Waals surface area contributed by atoms with Crippen LogP contribution >= 0.6 is 0 Å². The number of phenolic OH excluding ortho intramolecular Hbond substituents is 1. The van der Waals surface area contributed by atoms with E-state index < -0.39 is 23.8 Å². The first-order valence-electron chi connectivity index (χ1n) is 6.83. The van der Waals surface area contributed by atoms with Crippen LogP contribution in [0.2, 0.25) is 0 Å². The lowest BCUT2D eigenvalue weighted by Crippen LogP contribution is -2.12. The Bertz CT molecular complexity index is 689. The normalized spacial score (nSPS) is 14.2. The smallest absolute Gasteiger partial charge is 0.228 e. The van der Waals surface area contributed by atoms with Gasteiger partial charge in [-0.1, -0.05) is 26.8 Å². The lowest BCUT2D eigenvalue weighted by atomic mass is 9.83. The maximum absolute atomic E-state index is 14.0. The van der Waals surface area contributed by atoms with E-state index in [0.29, 0.717) is 10.9 Å². The van der Waals surface area contributed by atoms with E-state index >= 15 is 0 Å². The molecule has 102 valence electrons. The van der Waals surface area contributed by atoms with Gasteiger partial charge in [0.1, 0.15) is 8.49 Å².